The number of rotatable bonds is 7. The van der Waals surface area contributed by atoms with Crippen LogP contribution in [0.25, 0.3) is 0 Å². The number of pyridine rings is 1. The highest BCUT2D eigenvalue weighted by molar-refractivity contribution is 5.47. The fourth-order valence-electron chi connectivity index (χ4n) is 2.02. The summed E-state index contributed by atoms with van der Waals surface area (Å²) in [5.41, 5.74) is 0.809. The molecule has 0 unspecified atom stereocenters. The molecule has 0 aliphatic carbocycles. The molecule has 1 aromatic heterocycles. The van der Waals surface area contributed by atoms with Crippen LogP contribution in [0.4, 0.5) is 11.5 Å². The summed E-state index contributed by atoms with van der Waals surface area (Å²) >= 11 is 0. The maximum atomic E-state index is 10.5. The zero-order valence-electron chi connectivity index (χ0n) is 10.7. The second kappa shape index (κ2) is 6.90. The average Bonchev–Trinajstić information content (AvgIpc) is 2.39. The zero-order valence-corrected chi connectivity index (χ0v) is 10.7. The Labute approximate surface area is 106 Å². The Morgan fingerprint density at radius 1 is 1.44 bits per heavy atom. The molecule has 1 heterocycles. The summed E-state index contributed by atoms with van der Waals surface area (Å²) in [5.74, 6) is -0.160. The van der Waals surface area contributed by atoms with Gasteiger partial charge in [-0.15, -0.1) is 0 Å². The van der Waals surface area contributed by atoms with E-state index in [0.29, 0.717) is 12.6 Å². The predicted molar refractivity (Wildman–Crippen MR) is 69.7 cm³/mol. The van der Waals surface area contributed by atoms with Gasteiger partial charge < -0.3 is 20.1 Å². The summed E-state index contributed by atoms with van der Waals surface area (Å²) in [6.07, 6.45) is 3.40. The molecule has 100 valence electrons. The average molecular weight is 253 g/mol. The summed E-state index contributed by atoms with van der Waals surface area (Å²) in [5, 5.41) is 19.7. The van der Waals surface area contributed by atoms with Crippen LogP contribution < -0.4 is 4.90 Å². The molecule has 0 aromatic carbocycles. The first-order valence-corrected chi connectivity index (χ1v) is 6.11. The van der Waals surface area contributed by atoms with Crippen LogP contribution in [-0.4, -0.2) is 34.2 Å². The summed E-state index contributed by atoms with van der Waals surface area (Å²) in [7, 11) is 0. The van der Waals surface area contributed by atoms with Crippen molar-refractivity contribution in [1.82, 2.24) is 4.98 Å². The smallest absolute Gasteiger partial charge is 0.363 e. The first-order chi connectivity index (χ1) is 8.63. The molecule has 1 N–H and O–H groups in total. The molecular formula is C12H19N3O3. The number of hydrogen-bond donors (Lipinski definition) is 1. The number of nitro groups is 1. The summed E-state index contributed by atoms with van der Waals surface area (Å²) in [4.78, 5) is 15.9. The van der Waals surface area contributed by atoms with E-state index < -0.39 is 4.92 Å². The van der Waals surface area contributed by atoms with Gasteiger partial charge in [-0.1, -0.05) is 13.8 Å². The fourth-order valence-corrected chi connectivity index (χ4v) is 2.02. The third-order valence-electron chi connectivity index (χ3n) is 2.98. The Morgan fingerprint density at radius 2 is 2.11 bits per heavy atom. The van der Waals surface area contributed by atoms with Gasteiger partial charge in [0.05, 0.1) is 12.3 Å². The minimum atomic E-state index is -0.517. The van der Waals surface area contributed by atoms with Gasteiger partial charge in [0.1, 0.15) is 0 Å². The van der Waals surface area contributed by atoms with Crippen LogP contribution in [0, 0.1) is 10.1 Å². The highest BCUT2D eigenvalue weighted by atomic mass is 16.6. The van der Waals surface area contributed by atoms with E-state index in [4.69, 9.17) is 5.11 Å². The predicted octanol–water partition coefficient (Wildman–Crippen LogP) is 1.98. The molecule has 0 aliphatic rings. The number of anilines is 1. The molecule has 0 fully saturated rings. The van der Waals surface area contributed by atoms with Gasteiger partial charge in [-0.3, -0.25) is 0 Å². The molecule has 6 heteroatoms. The lowest BCUT2D eigenvalue weighted by molar-refractivity contribution is -0.389. The number of aromatic nitrogens is 1. The van der Waals surface area contributed by atoms with E-state index in [1.807, 2.05) is 4.90 Å². The minimum absolute atomic E-state index is 0.0491. The van der Waals surface area contributed by atoms with E-state index in [1.54, 1.807) is 6.07 Å². The summed E-state index contributed by atoms with van der Waals surface area (Å²) in [6.45, 7) is 4.72. The van der Waals surface area contributed by atoms with Crippen molar-refractivity contribution in [3.05, 3.63) is 28.4 Å². The van der Waals surface area contributed by atoms with E-state index in [9.17, 15) is 10.1 Å². The third kappa shape index (κ3) is 3.40. The lowest BCUT2D eigenvalue weighted by Crippen LogP contribution is -2.36. The first kappa shape index (κ1) is 14.4. The van der Waals surface area contributed by atoms with E-state index >= 15 is 0 Å². The van der Waals surface area contributed by atoms with Gasteiger partial charge in [-0.25, -0.2) is 0 Å². The van der Waals surface area contributed by atoms with E-state index in [-0.39, 0.29) is 12.4 Å². The van der Waals surface area contributed by atoms with Gasteiger partial charge in [-0.05, 0) is 28.8 Å². The monoisotopic (exact) mass is 253 g/mol. The third-order valence-corrected chi connectivity index (χ3v) is 2.98. The molecule has 0 bridgehead atoms. The number of nitrogens with zero attached hydrogens (tertiary/aromatic N) is 3. The second-order valence-corrected chi connectivity index (χ2v) is 4.02. The van der Waals surface area contributed by atoms with E-state index in [2.05, 4.69) is 18.8 Å². The topological polar surface area (TPSA) is 79.5 Å². The van der Waals surface area contributed by atoms with Crippen LogP contribution in [-0.2, 0) is 0 Å². The van der Waals surface area contributed by atoms with Crippen LogP contribution in [0.1, 0.15) is 26.7 Å². The second-order valence-electron chi connectivity index (χ2n) is 4.02. The normalized spacial score (nSPS) is 10.7. The molecule has 1 aromatic rings. The van der Waals surface area contributed by atoms with Crippen molar-refractivity contribution in [2.45, 2.75) is 32.7 Å². The van der Waals surface area contributed by atoms with Gasteiger partial charge in [0, 0.05) is 18.7 Å². The molecule has 0 saturated heterocycles. The Morgan fingerprint density at radius 3 is 2.50 bits per heavy atom. The molecule has 0 saturated carbocycles. The van der Waals surface area contributed by atoms with Crippen molar-refractivity contribution in [3.63, 3.8) is 0 Å². The lowest BCUT2D eigenvalue weighted by atomic mass is 10.1. The van der Waals surface area contributed by atoms with Crippen molar-refractivity contribution in [2.24, 2.45) is 0 Å². The SMILES string of the molecule is CCC(CC)N(CCO)c1ccc([N+](=O)[O-])nc1. The van der Waals surface area contributed by atoms with Crippen LogP contribution in [0.5, 0.6) is 0 Å². The van der Waals surface area contributed by atoms with Crippen molar-refractivity contribution in [2.75, 3.05) is 18.1 Å². The van der Waals surface area contributed by atoms with Gasteiger partial charge in [0.15, 0.2) is 6.20 Å². The van der Waals surface area contributed by atoms with Crippen LogP contribution in [0.2, 0.25) is 0 Å². The Balaban J connectivity index is 2.94. The largest absolute Gasteiger partial charge is 0.395 e. The summed E-state index contributed by atoms with van der Waals surface area (Å²) < 4.78 is 0. The zero-order chi connectivity index (χ0) is 13.5. The lowest BCUT2D eigenvalue weighted by Gasteiger charge is -2.31. The van der Waals surface area contributed by atoms with Gasteiger partial charge in [0.25, 0.3) is 0 Å². The fraction of sp³-hybridized carbons (Fsp3) is 0.583. The Kier molecular flexibility index (Phi) is 5.51. The Bertz CT molecular complexity index is 377. The summed E-state index contributed by atoms with van der Waals surface area (Å²) in [6, 6.07) is 3.38. The number of aliphatic hydroxyl groups excluding tert-OH is 1. The van der Waals surface area contributed by atoms with Crippen LogP contribution >= 0.6 is 0 Å². The molecule has 0 amide bonds. The van der Waals surface area contributed by atoms with Crippen LogP contribution in [0.3, 0.4) is 0 Å². The molecule has 0 aliphatic heterocycles. The number of aliphatic hydroxyl groups is 1. The van der Waals surface area contributed by atoms with E-state index in [1.165, 1.54) is 12.3 Å². The quantitative estimate of drug-likeness (QED) is 0.593. The standard InChI is InChI=1S/C12H19N3O3/c1-3-10(4-2)14(7-8-16)11-5-6-12(13-9-11)15(17)18/h5-6,9-10,16H,3-4,7-8H2,1-2H3. The van der Waals surface area contributed by atoms with Crippen molar-refractivity contribution in [1.29, 1.82) is 0 Å². The van der Waals surface area contributed by atoms with Crippen LogP contribution in [0.15, 0.2) is 18.3 Å². The van der Waals surface area contributed by atoms with Gasteiger partial charge in [0.2, 0.25) is 0 Å². The maximum Gasteiger partial charge on any atom is 0.363 e. The molecule has 0 radical (unpaired) electrons. The van der Waals surface area contributed by atoms with Crippen molar-refractivity contribution >= 4 is 11.5 Å². The molecule has 0 spiro atoms. The number of hydrogen-bond acceptors (Lipinski definition) is 5. The highest BCUT2D eigenvalue weighted by Gasteiger charge is 2.17. The van der Waals surface area contributed by atoms with E-state index in [0.717, 1.165) is 18.5 Å². The molecule has 0 atom stereocenters. The maximum absolute atomic E-state index is 10.5. The molecule has 18 heavy (non-hydrogen) atoms. The van der Waals surface area contributed by atoms with Crippen molar-refractivity contribution < 1.29 is 10.0 Å². The van der Waals surface area contributed by atoms with Gasteiger partial charge >= 0.3 is 5.82 Å². The molecule has 1 rings (SSSR count). The molecular weight excluding hydrogens is 234 g/mol. The Hall–Kier alpha value is -1.69. The van der Waals surface area contributed by atoms with Gasteiger partial charge in [-0.2, -0.15) is 0 Å². The first-order valence-electron chi connectivity index (χ1n) is 6.11. The minimum Gasteiger partial charge on any atom is -0.395 e. The molecule has 6 nitrogen and oxygen atoms in total. The highest BCUT2D eigenvalue weighted by Crippen LogP contribution is 2.21. The van der Waals surface area contributed by atoms with Crippen molar-refractivity contribution in [3.8, 4) is 0 Å².